The predicted molar refractivity (Wildman–Crippen MR) is 82.6 cm³/mol. The number of carbonyl (C=O) groups is 1. The standard InChI is InChI=1S/C16H21F3N2O3/c1-2-24-11-12-3-5-13(6-4-12)20-14(22)21-9-7-15(23,8-10-21)16(17,18)19/h3-6,23H,2,7-11H2,1H3,(H,20,22). The van der Waals surface area contributed by atoms with Crippen molar-refractivity contribution in [3.05, 3.63) is 29.8 Å². The van der Waals surface area contributed by atoms with E-state index in [0.29, 0.717) is 18.9 Å². The number of hydrogen-bond donors (Lipinski definition) is 2. The number of carbonyl (C=O) groups excluding carboxylic acids is 1. The lowest BCUT2D eigenvalue weighted by molar-refractivity contribution is -0.271. The number of benzene rings is 1. The number of amides is 2. The first-order chi connectivity index (χ1) is 11.2. The number of rotatable bonds is 4. The molecule has 0 saturated carbocycles. The Morgan fingerprint density at radius 2 is 1.88 bits per heavy atom. The lowest BCUT2D eigenvalue weighted by Crippen LogP contribution is -2.55. The maximum atomic E-state index is 12.7. The normalized spacial score (nSPS) is 17.6. The van der Waals surface area contributed by atoms with Crippen LogP contribution in [0, 0.1) is 0 Å². The summed E-state index contributed by atoms with van der Waals surface area (Å²) in [5.74, 6) is 0. The molecule has 5 nitrogen and oxygen atoms in total. The largest absolute Gasteiger partial charge is 0.417 e. The van der Waals surface area contributed by atoms with Gasteiger partial charge in [0.15, 0.2) is 5.60 Å². The highest BCUT2D eigenvalue weighted by Crippen LogP contribution is 2.38. The van der Waals surface area contributed by atoms with Crippen LogP contribution in [0.25, 0.3) is 0 Å². The van der Waals surface area contributed by atoms with E-state index >= 15 is 0 Å². The number of anilines is 1. The summed E-state index contributed by atoms with van der Waals surface area (Å²) in [7, 11) is 0. The average Bonchev–Trinajstić information content (AvgIpc) is 2.54. The van der Waals surface area contributed by atoms with Gasteiger partial charge in [-0.3, -0.25) is 0 Å². The van der Waals surface area contributed by atoms with Crippen molar-refractivity contribution in [2.75, 3.05) is 25.0 Å². The van der Waals surface area contributed by atoms with Crippen LogP contribution in [-0.2, 0) is 11.3 Å². The van der Waals surface area contributed by atoms with Crippen molar-refractivity contribution in [1.82, 2.24) is 4.90 Å². The average molecular weight is 346 g/mol. The van der Waals surface area contributed by atoms with Gasteiger partial charge in [0.1, 0.15) is 0 Å². The number of urea groups is 1. The van der Waals surface area contributed by atoms with Gasteiger partial charge in [-0.25, -0.2) is 4.79 Å². The zero-order chi connectivity index (χ0) is 17.8. The van der Waals surface area contributed by atoms with Crippen LogP contribution in [0.15, 0.2) is 24.3 Å². The predicted octanol–water partition coefficient (Wildman–Crippen LogP) is 3.14. The topological polar surface area (TPSA) is 61.8 Å². The second kappa shape index (κ2) is 7.40. The Labute approximate surface area is 138 Å². The van der Waals surface area contributed by atoms with E-state index in [0.717, 1.165) is 5.56 Å². The van der Waals surface area contributed by atoms with E-state index in [9.17, 15) is 23.1 Å². The van der Waals surface area contributed by atoms with Gasteiger partial charge in [0.05, 0.1) is 6.61 Å². The molecule has 2 amide bonds. The van der Waals surface area contributed by atoms with Crippen molar-refractivity contribution in [1.29, 1.82) is 0 Å². The fraction of sp³-hybridized carbons (Fsp3) is 0.562. The molecule has 1 fully saturated rings. The van der Waals surface area contributed by atoms with Gasteiger partial charge in [-0.2, -0.15) is 13.2 Å². The third-order valence-electron chi connectivity index (χ3n) is 4.08. The first-order valence-electron chi connectivity index (χ1n) is 7.77. The van der Waals surface area contributed by atoms with Crippen molar-refractivity contribution < 1.29 is 27.8 Å². The molecular weight excluding hydrogens is 325 g/mol. The van der Waals surface area contributed by atoms with Crippen LogP contribution in [0.1, 0.15) is 25.3 Å². The number of nitrogens with one attached hydrogen (secondary N) is 1. The van der Waals surface area contributed by atoms with Crippen molar-refractivity contribution >= 4 is 11.7 Å². The summed E-state index contributed by atoms with van der Waals surface area (Å²) < 4.78 is 43.5. The first kappa shape index (κ1) is 18.5. The highest BCUT2D eigenvalue weighted by molar-refractivity contribution is 5.89. The van der Waals surface area contributed by atoms with Gasteiger partial charge >= 0.3 is 12.2 Å². The minimum Gasteiger partial charge on any atom is -0.380 e. The first-order valence-corrected chi connectivity index (χ1v) is 7.77. The molecule has 0 aromatic heterocycles. The lowest BCUT2D eigenvalue weighted by Gasteiger charge is -2.38. The molecule has 0 radical (unpaired) electrons. The Balaban J connectivity index is 1.87. The summed E-state index contributed by atoms with van der Waals surface area (Å²) in [6, 6.07) is 6.56. The second-order valence-electron chi connectivity index (χ2n) is 5.78. The fourth-order valence-electron chi connectivity index (χ4n) is 2.47. The molecule has 2 rings (SSSR count). The van der Waals surface area contributed by atoms with Crippen LogP contribution < -0.4 is 5.32 Å². The summed E-state index contributed by atoms with van der Waals surface area (Å²) in [5, 5.41) is 12.2. The van der Waals surface area contributed by atoms with Crippen LogP contribution in [0.3, 0.4) is 0 Å². The summed E-state index contributed by atoms with van der Waals surface area (Å²) in [6.07, 6.45) is -5.71. The van der Waals surface area contributed by atoms with Gasteiger partial charge < -0.3 is 20.1 Å². The van der Waals surface area contributed by atoms with Crippen LogP contribution in [-0.4, -0.2) is 47.5 Å². The van der Waals surface area contributed by atoms with E-state index in [1.54, 1.807) is 12.1 Å². The van der Waals surface area contributed by atoms with Crippen molar-refractivity contribution in [2.24, 2.45) is 0 Å². The molecule has 8 heteroatoms. The van der Waals surface area contributed by atoms with E-state index in [1.165, 1.54) is 4.90 Å². The van der Waals surface area contributed by atoms with E-state index in [4.69, 9.17) is 4.74 Å². The van der Waals surface area contributed by atoms with Gasteiger partial charge in [-0.1, -0.05) is 12.1 Å². The molecule has 0 atom stereocenters. The maximum Gasteiger partial charge on any atom is 0.417 e. The Bertz CT molecular complexity index is 553. The zero-order valence-corrected chi connectivity index (χ0v) is 13.4. The SMILES string of the molecule is CCOCc1ccc(NC(=O)N2CCC(O)(C(F)(F)F)CC2)cc1. The molecule has 24 heavy (non-hydrogen) atoms. The summed E-state index contributed by atoms with van der Waals surface area (Å²) in [6.45, 7) is 2.69. The molecule has 1 heterocycles. The van der Waals surface area contributed by atoms with Crippen LogP contribution >= 0.6 is 0 Å². The minimum atomic E-state index is -4.67. The number of hydrogen-bond acceptors (Lipinski definition) is 3. The van der Waals surface area contributed by atoms with Crippen LogP contribution in [0.2, 0.25) is 0 Å². The van der Waals surface area contributed by atoms with Gasteiger partial charge in [-0.05, 0) is 24.6 Å². The molecule has 1 aromatic carbocycles. The van der Waals surface area contributed by atoms with E-state index in [1.807, 2.05) is 19.1 Å². The van der Waals surface area contributed by atoms with Crippen molar-refractivity contribution in [2.45, 2.75) is 38.1 Å². The lowest BCUT2D eigenvalue weighted by atomic mass is 9.91. The van der Waals surface area contributed by atoms with Gasteiger partial charge in [0.25, 0.3) is 0 Å². The molecule has 0 unspecified atom stereocenters. The number of halogens is 3. The van der Waals surface area contributed by atoms with E-state index < -0.39 is 30.7 Å². The third kappa shape index (κ3) is 4.39. The number of nitrogens with zero attached hydrogens (tertiary/aromatic N) is 1. The summed E-state index contributed by atoms with van der Waals surface area (Å²) in [5.41, 5.74) is -1.19. The molecule has 134 valence electrons. The highest BCUT2D eigenvalue weighted by atomic mass is 19.4. The molecular formula is C16H21F3N2O3. The van der Waals surface area contributed by atoms with Gasteiger partial charge in [-0.15, -0.1) is 0 Å². The number of piperidine rings is 1. The number of likely N-dealkylation sites (tertiary alicyclic amines) is 1. The van der Waals surface area contributed by atoms with E-state index in [-0.39, 0.29) is 13.1 Å². The third-order valence-corrected chi connectivity index (χ3v) is 4.08. The monoisotopic (exact) mass is 346 g/mol. The number of ether oxygens (including phenoxy) is 1. The zero-order valence-electron chi connectivity index (χ0n) is 13.4. The van der Waals surface area contributed by atoms with E-state index in [2.05, 4.69) is 5.32 Å². The van der Waals surface area contributed by atoms with Gasteiger partial charge in [0.2, 0.25) is 0 Å². The molecule has 1 aliphatic rings. The Hall–Kier alpha value is -1.80. The molecule has 1 aliphatic heterocycles. The van der Waals surface area contributed by atoms with Gasteiger partial charge in [0, 0.05) is 38.2 Å². The van der Waals surface area contributed by atoms with Crippen molar-refractivity contribution in [3.8, 4) is 0 Å². The summed E-state index contributed by atoms with van der Waals surface area (Å²) in [4.78, 5) is 13.4. The second-order valence-corrected chi connectivity index (χ2v) is 5.78. The molecule has 0 spiro atoms. The van der Waals surface area contributed by atoms with Crippen LogP contribution in [0.4, 0.5) is 23.7 Å². The van der Waals surface area contributed by atoms with Crippen LogP contribution in [0.5, 0.6) is 0 Å². The maximum absolute atomic E-state index is 12.7. The molecule has 1 saturated heterocycles. The summed E-state index contributed by atoms with van der Waals surface area (Å²) >= 11 is 0. The highest BCUT2D eigenvalue weighted by Gasteiger charge is 2.54. The molecule has 0 aliphatic carbocycles. The van der Waals surface area contributed by atoms with Crippen molar-refractivity contribution in [3.63, 3.8) is 0 Å². The molecule has 1 aromatic rings. The number of alkyl halides is 3. The minimum absolute atomic E-state index is 0.149. The molecule has 2 N–H and O–H groups in total. The molecule has 0 bridgehead atoms. The Morgan fingerprint density at radius 3 is 2.38 bits per heavy atom. The quantitative estimate of drug-likeness (QED) is 0.880. The Kier molecular flexibility index (Phi) is 5.71. The fourth-order valence-corrected chi connectivity index (χ4v) is 2.47. The smallest absolute Gasteiger partial charge is 0.380 e. The Morgan fingerprint density at radius 1 is 1.29 bits per heavy atom. The number of aliphatic hydroxyl groups is 1.